The topological polar surface area (TPSA) is 15.6 Å². The minimum Gasteiger partial charge on any atom is -0.275 e. The molecule has 17 heavy (non-hydrogen) atoms. The number of nitrogens with zero attached hydrogens (tertiary/aromatic N) is 2. The highest BCUT2D eigenvalue weighted by atomic mass is 32.2. The Kier molecular flexibility index (Phi) is 5.02. The summed E-state index contributed by atoms with van der Waals surface area (Å²) in [5, 5.41) is 1.43. The molecular weight excluding hydrogens is 247 g/mol. The maximum atomic E-state index is 4.70. The van der Waals surface area contributed by atoms with E-state index < -0.39 is 0 Å². The van der Waals surface area contributed by atoms with Crippen molar-refractivity contribution in [2.45, 2.75) is 13.8 Å². The Bertz CT molecular complexity index is 376. The fourth-order valence-electron chi connectivity index (χ4n) is 1.92. The van der Waals surface area contributed by atoms with E-state index in [1.807, 2.05) is 11.8 Å². The highest BCUT2D eigenvalue weighted by molar-refractivity contribution is 8.26. The molecule has 2 rings (SSSR count). The van der Waals surface area contributed by atoms with E-state index in [-0.39, 0.29) is 8.07 Å². The molecule has 0 saturated heterocycles. The average Bonchev–Trinajstić information content (AvgIpc) is 2.90. The molecule has 92 valence electrons. The van der Waals surface area contributed by atoms with Crippen LogP contribution in [-0.2, 0) is 0 Å². The van der Waals surface area contributed by atoms with Crippen LogP contribution in [0.3, 0.4) is 0 Å². The first kappa shape index (κ1) is 13.1. The van der Waals surface area contributed by atoms with Gasteiger partial charge in [-0.25, -0.2) is 0 Å². The summed E-state index contributed by atoms with van der Waals surface area (Å²) < 4.78 is 2.54. The number of aliphatic imine (C=N–C) groups is 1. The quantitative estimate of drug-likeness (QED) is 0.761. The van der Waals surface area contributed by atoms with Gasteiger partial charge in [0.15, 0.2) is 0 Å². The van der Waals surface area contributed by atoms with Crippen LogP contribution in [0, 0.1) is 0 Å². The lowest BCUT2D eigenvalue weighted by Gasteiger charge is -2.29. The van der Waals surface area contributed by atoms with Crippen molar-refractivity contribution in [3.8, 4) is 0 Å². The van der Waals surface area contributed by atoms with Crippen LogP contribution in [0.2, 0.25) is 0 Å². The lowest BCUT2D eigenvalue weighted by molar-refractivity contribution is 0.516. The molecular formula is C13H19N2PS. The SMILES string of the molecule is CCN(CC)P(C1=NCCS1)c1ccccc1. The highest BCUT2D eigenvalue weighted by Crippen LogP contribution is 2.46. The molecule has 0 saturated carbocycles. The van der Waals surface area contributed by atoms with Crippen LogP contribution in [0.1, 0.15) is 13.8 Å². The van der Waals surface area contributed by atoms with Gasteiger partial charge >= 0.3 is 0 Å². The Morgan fingerprint density at radius 1 is 1.24 bits per heavy atom. The zero-order valence-electron chi connectivity index (χ0n) is 10.5. The van der Waals surface area contributed by atoms with Crippen molar-refractivity contribution in [2.24, 2.45) is 4.99 Å². The molecule has 0 bridgehead atoms. The number of hydrogen-bond donors (Lipinski definition) is 0. The number of benzene rings is 1. The molecule has 1 unspecified atom stereocenters. The van der Waals surface area contributed by atoms with Crippen LogP contribution in [0.15, 0.2) is 35.3 Å². The van der Waals surface area contributed by atoms with Gasteiger partial charge in [0.2, 0.25) is 0 Å². The fourth-order valence-corrected chi connectivity index (χ4v) is 5.94. The summed E-state index contributed by atoms with van der Waals surface area (Å²) >= 11 is 1.94. The van der Waals surface area contributed by atoms with E-state index in [1.54, 1.807) is 0 Å². The van der Waals surface area contributed by atoms with Crippen molar-refractivity contribution in [2.75, 3.05) is 25.4 Å². The summed E-state index contributed by atoms with van der Waals surface area (Å²) in [7, 11) is -0.374. The summed E-state index contributed by atoms with van der Waals surface area (Å²) in [6, 6.07) is 10.8. The van der Waals surface area contributed by atoms with E-state index in [9.17, 15) is 0 Å². The van der Waals surface area contributed by atoms with Crippen LogP contribution in [0.25, 0.3) is 0 Å². The molecule has 0 radical (unpaired) electrons. The van der Waals surface area contributed by atoms with Gasteiger partial charge in [0.25, 0.3) is 0 Å². The van der Waals surface area contributed by atoms with Crippen molar-refractivity contribution >= 4 is 29.9 Å². The number of rotatable bonds is 5. The third-order valence-electron chi connectivity index (χ3n) is 2.76. The summed E-state index contributed by atoms with van der Waals surface area (Å²) in [5.74, 6) is 1.16. The second kappa shape index (κ2) is 6.53. The first-order chi connectivity index (χ1) is 8.36. The lowest BCUT2D eigenvalue weighted by atomic mass is 10.4. The maximum Gasteiger partial charge on any atom is 0.110 e. The van der Waals surface area contributed by atoms with Gasteiger partial charge in [0.1, 0.15) is 4.78 Å². The molecule has 2 nitrogen and oxygen atoms in total. The molecule has 0 fully saturated rings. The van der Waals surface area contributed by atoms with Gasteiger partial charge in [0.05, 0.1) is 8.07 Å². The minimum atomic E-state index is -0.374. The third kappa shape index (κ3) is 3.09. The van der Waals surface area contributed by atoms with Gasteiger partial charge in [-0.05, 0) is 18.4 Å². The van der Waals surface area contributed by atoms with E-state index in [4.69, 9.17) is 4.99 Å². The first-order valence-electron chi connectivity index (χ1n) is 6.14. The van der Waals surface area contributed by atoms with Gasteiger partial charge in [-0.1, -0.05) is 44.2 Å². The van der Waals surface area contributed by atoms with Crippen molar-refractivity contribution in [3.05, 3.63) is 30.3 Å². The molecule has 0 N–H and O–H groups in total. The molecule has 0 spiro atoms. The average molecular weight is 266 g/mol. The Hall–Kier alpha value is -0.370. The summed E-state index contributed by atoms with van der Waals surface area (Å²) in [6.45, 7) is 7.66. The molecule has 1 aliphatic rings. The summed E-state index contributed by atoms with van der Waals surface area (Å²) in [4.78, 5) is 6.05. The zero-order valence-corrected chi connectivity index (χ0v) is 12.2. The van der Waals surface area contributed by atoms with Crippen molar-refractivity contribution in [1.82, 2.24) is 4.67 Å². The second-order valence-electron chi connectivity index (χ2n) is 3.80. The van der Waals surface area contributed by atoms with Crippen molar-refractivity contribution < 1.29 is 0 Å². The predicted octanol–water partition coefficient (Wildman–Crippen LogP) is 3.15. The Morgan fingerprint density at radius 2 is 1.94 bits per heavy atom. The maximum absolute atomic E-state index is 4.70. The van der Waals surface area contributed by atoms with E-state index in [2.05, 4.69) is 48.8 Å². The molecule has 1 heterocycles. The van der Waals surface area contributed by atoms with Gasteiger partial charge in [0, 0.05) is 12.3 Å². The van der Waals surface area contributed by atoms with Crippen LogP contribution in [-0.4, -0.2) is 34.8 Å². The molecule has 0 aromatic heterocycles. The van der Waals surface area contributed by atoms with Crippen LogP contribution in [0.4, 0.5) is 0 Å². The molecule has 1 aromatic carbocycles. The van der Waals surface area contributed by atoms with Crippen LogP contribution >= 0.6 is 19.8 Å². The monoisotopic (exact) mass is 266 g/mol. The zero-order chi connectivity index (χ0) is 12.1. The second-order valence-corrected chi connectivity index (χ2v) is 7.31. The molecule has 4 heteroatoms. The molecule has 0 aliphatic carbocycles. The summed E-state index contributed by atoms with van der Waals surface area (Å²) in [6.07, 6.45) is 0. The van der Waals surface area contributed by atoms with E-state index >= 15 is 0 Å². The molecule has 1 aromatic rings. The lowest BCUT2D eigenvalue weighted by Crippen LogP contribution is -2.25. The highest BCUT2D eigenvalue weighted by Gasteiger charge is 2.25. The van der Waals surface area contributed by atoms with E-state index in [1.165, 1.54) is 10.1 Å². The Labute approximate surface area is 109 Å². The van der Waals surface area contributed by atoms with Crippen molar-refractivity contribution in [1.29, 1.82) is 0 Å². The molecule has 1 aliphatic heterocycles. The van der Waals surface area contributed by atoms with Gasteiger partial charge in [-0.3, -0.25) is 9.66 Å². The smallest absolute Gasteiger partial charge is 0.110 e. The summed E-state index contributed by atoms with van der Waals surface area (Å²) in [5.41, 5.74) is 0. The van der Waals surface area contributed by atoms with E-state index in [0.717, 1.165) is 25.4 Å². The predicted molar refractivity (Wildman–Crippen MR) is 80.7 cm³/mol. The van der Waals surface area contributed by atoms with Gasteiger partial charge in [-0.15, -0.1) is 11.8 Å². The number of hydrogen-bond acceptors (Lipinski definition) is 3. The van der Waals surface area contributed by atoms with Crippen LogP contribution < -0.4 is 5.30 Å². The molecule has 0 amide bonds. The standard InChI is InChI=1S/C13H19N2PS/c1-3-15(4-2)16(13-14-10-11-17-13)12-8-6-5-7-9-12/h5-9H,3-4,10-11H2,1-2H3. The van der Waals surface area contributed by atoms with E-state index in [0.29, 0.717) is 0 Å². The van der Waals surface area contributed by atoms with Crippen molar-refractivity contribution in [3.63, 3.8) is 0 Å². The normalized spacial score (nSPS) is 17.2. The van der Waals surface area contributed by atoms with Crippen LogP contribution in [0.5, 0.6) is 0 Å². The minimum absolute atomic E-state index is 0.374. The Balaban J connectivity index is 2.29. The fraction of sp³-hybridized carbons (Fsp3) is 0.462. The first-order valence-corrected chi connectivity index (χ1v) is 8.42. The third-order valence-corrected chi connectivity index (χ3v) is 6.87. The largest absolute Gasteiger partial charge is 0.275 e. The number of thioether (sulfide) groups is 1. The van der Waals surface area contributed by atoms with Gasteiger partial charge in [-0.2, -0.15) is 0 Å². The Morgan fingerprint density at radius 3 is 2.47 bits per heavy atom. The van der Waals surface area contributed by atoms with Gasteiger partial charge < -0.3 is 0 Å². The molecule has 1 atom stereocenters.